The van der Waals surface area contributed by atoms with Crippen LogP contribution in [0.25, 0.3) is 0 Å². The fourth-order valence-corrected chi connectivity index (χ4v) is 4.27. The van der Waals surface area contributed by atoms with Gasteiger partial charge in [0.1, 0.15) is 0 Å². The van der Waals surface area contributed by atoms with Gasteiger partial charge in [-0.25, -0.2) is 0 Å². The first-order chi connectivity index (χ1) is 12.2. The molecule has 0 aromatic rings. The molecule has 0 saturated heterocycles. The predicted octanol–water partition coefficient (Wildman–Crippen LogP) is 8.44. The van der Waals surface area contributed by atoms with Crippen molar-refractivity contribution in [1.82, 2.24) is 0 Å². The first-order valence-electron chi connectivity index (χ1n) is 11.8. The number of aliphatic hydroxyl groups excluding tert-OH is 1. The van der Waals surface area contributed by atoms with Gasteiger partial charge < -0.3 is 5.11 Å². The molecule has 1 heteroatoms. The lowest BCUT2D eigenvalue weighted by Gasteiger charge is -2.38. The summed E-state index contributed by atoms with van der Waals surface area (Å²) in [6, 6.07) is 0. The Morgan fingerprint density at radius 3 is 1.36 bits per heavy atom. The minimum absolute atomic E-state index is 0.0799. The molecule has 0 amide bonds. The molecule has 0 aliphatic heterocycles. The summed E-state index contributed by atoms with van der Waals surface area (Å²) in [4.78, 5) is 0. The summed E-state index contributed by atoms with van der Waals surface area (Å²) >= 11 is 0. The summed E-state index contributed by atoms with van der Waals surface area (Å²) in [7, 11) is 0. The van der Waals surface area contributed by atoms with Crippen LogP contribution in [0.15, 0.2) is 0 Å². The van der Waals surface area contributed by atoms with E-state index in [1.165, 1.54) is 103 Å². The zero-order chi connectivity index (χ0) is 18.8. The Balaban J connectivity index is 4.39. The van der Waals surface area contributed by atoms with Crippen molar-refractivity contribution in [1.29, 1.82) is 0 Å². The molecule has 0 saturated carbocycles. The number of rotatable bonds is 19. The Kier molecular flexibility index (Phi) is 17.3. The molecule has 0 heterocycles. The highest BCUT2D eigenvalue weighted by Crippen LogP contribution is 2.40. The largest absolute Gasteiger partial charge is 0.393 e. The molecule has 0 rings (SSSR count). The Morgan fingerprint density at radius 1 is 0.560 bits per heavy atom. The third-order valence-corrected chi connectivity index (χ3v) is 6.30. The molecular formula is C24H50O. The standard InChI is InChI=1S/C24H50O/c1-5-9-12-14-16-18-21-24(8-4,23(25)20-11-7-3)22-19-17-15-13-10-6-2/h23,25H,5-22H2,1-4H3. The van der Waals surface area contributed by atoms with Gasteiger partial charge in [0, 0.05) is 0 Å². The van der Waals surface area contributed by atoms with E-state index in [0.29, 0.717) is 0 Å². The van der Waals surface area contributed by atoms with Gasteiger partial charge in [-0.3, -0.25) is 0 Å². The summed E-state index contributed by atoms with van der Waals surface area (Å²) in [6.45, 7) is 9.13. The van der Waals surface area contributed by atoms with Crippen LogP contribution >= 0.6 is 0 Å². The van der Waals surface area contributed by atoms with E-state index in [1.54, 1.807) is 0 Å². The highest BCUT2D eigenvalue weighted by atomic mass is 16.3. The Hall–Kier alpha value is -0.0400. The normalized spacial score (nSPS) is 13.3. The second-order valence-electron chi connectivity index (χ2n) is 8.41. The average Bonchev–Trinajstić information content (AvgIpc) is 2.63. The van der Waals surface area contributed by atoms with E-state index in [2.05, 4.69) is 27.7 Å². The monoisotopic (exact) mass is 354 g/mol. The van der Waals surface area contributed by atoms with E-state index in [9.17, 15) is 5.11 Å². The summed E-state index contributed by atoms with van der Waals surface area (Å²) in [5, 5.41) is 11.0. The third kappa shape index (κ3) is 12.1. The van der Waals surface area contributed by atoms with Crippen LogP contribution in [0.3, 0.4) is 0 Å². The van der Waals surface area contributed by atoms with E-state index < -0.39 is 0 Å². The van der Waals surface area contributed by atoms with E-state index in [1.807, 2.05) is 0 Å². The molecule has 25 heavy (non-hydrogen) atoms. The minimum atomic E-state index is -0.0799. The highest BCUT2D eigenvalue weighted by molar-refractivity contribution is 4.85. The summed E-state index contributed by atoms with van der Waals surface area (Å²) in [6.07, 6.45) is 23.3. The van der Waals surface area contributed by atoms with Crippen molar-refractivity contribution in [3.05, 3.63) is 0 Å². The predicted molar refractivity (Wildman–Crippen MR) is 114 cm³/mol. The molecule has 0 bridgehead atoms. The molecule has 1 nitrogen and oxygen atoms in total. The van der Waals surface area contributed by atoms with Gasteiger partial charge in [-0.1, -0.05) is 118 Å². The second-order valence-corrected chi connectivity index (χ2v) is 8.41. The van der Waals surface area contributed by atoms with Crippen molar-refractivity contribution in [3.63, 3.8) is 0 Å². The quantitative estimate of drug-likeness (QED) is 0.231. The SMILES string of the molecule is CCCCCCCCC(CC)(CCCCCCCC)C(O)CCCC. The van der Waals surface area contributed by atoms with E-state index in [-0.39, 0.29) is 11.5 Å². The summed E-state index contributed by atoms with van der Waals surface area (Å²) < 4.78 is 0. The lowest BCUT2D eigenvalue weighted by molar-refractivity contribution is -0.00354. The van der Waals surface area contributed by atoms with Crippen molar-refractivity contribution in [2.45, 2.75) is 149 Å². The molecule has 0 spiro atoms. The first kappa shape index (κ1) is 25.0. The van der Waals surface area contributed by atoms with Crippen molar-refractivity contribution in [2.24, 2.45) is 5.41 Å². The Bertz CT molecular complexity index is 245. The molecular weight excluding hydrogens is 304 g/mol. The van der Waals surface area contributed by atoms with Crippen LogP contribution in [0.4, 0.5) is 0 Å². The van der Waals surface area contributed by atoms with Gasteiger partial charge >= 0.3 is 0 Å². The van der Waals surface area contributed by atoms with Crippen LogP contribution in [0.2, 0.25) is 0 Å². The molecule has 0 radical (unpaired) electrons. The third-order valence-electron chi connectivity index (χ3n) is 6.30. The number of hydrogen-bond donors (Lipinski definition) is 1. The fraction of sp³-hybridized carbons (Fsp3) is 1.00. The summed E-state index contributed by atoms with van der Waals surface area (Å²) in [5.74, 6) is 0. The fourth-order valence-electron chi connectivity index (χ4n) is 4.27. The highest BCUT2D eigenvalue weighted by Gasteiger charge is 2.34. The van der Waals surface area contributed by atoms with Crippen LogP contribution in [-0.4, -0.2) is 11.2 Å². The van der Waals surface area contributed by atoms with Crippen LogP contribution in [0.1, 0.15) is 143 Å². The van der Waals surface area contributed by atoms with Gasteiger partial charge in [-0.05, 0) is 31.1 Å². The van der Waals surface area contributed by atoms with Gasteiger partial charge in [0.25, 0.3) is 0 Å². The molecule has 1 N–H and O–H groups in total. The second kappa shape index (κ2) is 17.4. The number of aliphatic hydroxyl groups is 1. The summed E-state index contributed by atoms with van der Waals surface area (Å²) in [5.41, 5.74) is 0.199. The maximum absolute atomic E-state index is 11.0. The van der Waals surface area contributed by atoms with E-state index >= 15 is 0 Å². The molecule has 0 fully saturated rings. The maximum atomic E-state index is 11.0. The molecule has 1 unspecified atom stereocenters. The van der Waals surface area contributed by atoms with Crippen LogP contribution in [-0.2, 0) is 0 Å². The molecule has 0 aromatic carbocycles. The van der Waals surface area contributed by atoms with Gasteiger partial charge in [0.05, 0.1) is 6.10 Å². The van der Waals surface area contributed by atoms with Crippen LogP contribution < -0.4 is 0 Å². The molecule has 0 aliphatic rings. The smallest absolute Gasteiger partial charge is 0.0596 e. The maximum Gasteiger partial charge on any atom is 0.0596 e. The average molecular weight is 355 g/mol. The zero-order valence-electron chi connectivity index (χ0n) is 18.3. The molecule has 0 aliphatic carbocycles. The van der Waals surface area contributed by atoms with E-state index in [0.717, 1.165) is 12.8 Å². The molecule has 152 valence electrons. The lowest BCUT2D eigenvalue weighted by Crippen LogP contribution is -2.35. The van der Waals surface area contributed by atoms with Crippen LogP contribution in [0, 0.1) is 5.41 Å². The molecule has 1 atom stereocenters. The number of unbranched alkanes of at least 4 members (excludes halogenated alkanes) is 11. The van der Waals surface area contributed by atoms with Crippen molar-refractivity contribution in [3.8, 4) is 0 Å². The van der Waals surface area contributed by atoms with Gasteiger partial charge in [0.2, 0.25) is 0 Å². The minimum Gasteiger partial charge on any atom is -0.393 e. The number of hydrogen-bond acceptors (Lipinski definition) is 1. The van der Waals surface area contributed by atoms with Gasteiger partial charge in [0.15, 0.2) is 0 Å². The topological polar surface area (TPSA) is 20.2 Å². The molecule has 0 aromatic heterocycles. The zero-order valence-corrected chi connectivity index (χ0v) is 18.3. The van der Waals surface area contributed by atoms with Crippen molar-refractivity contribution >= 4 is 0 Å². The van der Waals surface area contributed by atoms with Crippen molar-refractivity contribution in [2.75, 3.05) is 0 Å². The van der Waals surface area contributed by atoms with Crippen molar-refractivity contribution < 1.29 is 5.11 Å². The Morgan fingerprint density at radius 2 is 0.960 bits per heavy atom. The van der Waals surface area contributed by atoms with Crippen LogP contribution in [0.5, 0.6) is 0 Å². The Labute approximate surface area is 160 Å². The van der Waals surface area contributed by atoms with Gasteiger partial charge in [-0.15, -0.1) is 0 Å². The lowest BCUT2D eigenvalue weighted by atomic mass is 9.70. The van der Waals surface area contributed by atoms with E-state index in [4.69, 9.17) is 0 Å². The first-order valence-corrected chi connectivity index (χ1v) is 11.8. The van der Waals surface area contributed by atoms with Gasteiger partial charge in [-0.2, -0.15) is 0 Å².